The van der Waals surface area contributed by atoms with Gasteiger partial charge in [0.25, 0.3) is 0 Å². The van der Waals surface area contributed by atoms with Crippen molar-refractivity contribution in [3.05, 3.63) is 53.5 Å². The standard InChI is InChI=1S/C12H11Br3N2S/c13-7-1-2-10(11(15)4-7)12(17-16)5-9-3-8(14)6-18-9/h1-4,6,12,17H,5,16H2. The number of nitrogens with two attached hydrogens (primary N) is 1. The smallest absolute Gasteiger partial charge is 0.0519 e. The minimum Gasteiger partial charge on any atom is -0.271 e. The van der Waals surface area contributed by atoms with E-state index in [1.807, 2.05) is 12.1 Å². The SMILES string of the molecule is NNC(Cc1cc(Br)cs1)c1ccc(Br)cc1Br. The molecule has 0 amide bonds. The molecule has 1 aromatic heterocycles. The normalized spacial score (nSPS) is 12.7. The second-order valence-electron chi connectivity index (χ2n) is 3.82. The molecule has 1 heterocycles. The molecule has 1 unspecified atom stereocenters. The third-order valence-electron chi connectivity index (χ3n) is 2.57. The molecule has 0 saturated carbocycles. The summed E-state index contributed by atoms with van der Waals surface area (Å²) >= 11 is 12.2. The first-order chi connectivity index (χ1) is 8.60. The third-order valence-corrected chi connectivity index (χ3v) is 5.47. The third kappa shape index (κ3) is 3.65. The zero-order valence-corrected chi connectivity index (χ0v) is 14.9. The molecule has 3 N–H and O–H groups in total. The molecule has 96 valence electrons. The van der Waals surface area contributed by atoms with Crippen molar-refractivity contribution in [2.75, 3.05) is 0 Å². The molecule has 2 nitrogen and oxygen atoms in total. The van der Waals surface area contributed by atoms with E-state index in [-0.39, 0.29) is 6.04 Å². The molecule has 0 radical (unpaired) electrons. The first-order valence-electron chi connectivity index (χ1n) is 5.24. The van der Waals surface area contributed by atoms with Crippen LogP contribution in [0.4, 0.5) is 0 Å². The van der Waals surface area contributed by atoms with Gasteiger partial charge in [0.15, 0.2) is 0 Å². The minimum absolute atomic E-state index is 0.0954. The number of halogens is 3. The van der Waals surface area contributed by atoms with Crippen LogP contribution in [0.1, 0.15) is 16.5 Å². The second-order valence-corrected chi connectivity index (χ2v) is 7.50. The predicted molar refractivity (Wildman–Crippen MR) is 87.6 cm³/mol. The van der Waals surface area contributed by atoms with E-state index in [1.54, 1.807) is 11.3 Å². The number of hydrogen-bond acceptors (Lipinski definition) is 3. The van der Waals surface area contributed by atoms with E-state index in [9.17, 15) is 0 Å². The van der Waals surface area contributed by atoms with Crippen LogP contribution in [0.15, 0.2) is 43.1 Å². The van der Waals surface area contributed by atoms with Crippen LogP contribution in [0.25, 0.3) is 0 Å². The van der Waals surface area contributed by atoms with Gasteiger partial charge in [-0.2, -0.15) is 0 Å². The molecule has 2 rings (SSSR count). The molecule has 0 saturated heterocycles. The van der Waals surface area contributed by atoms with Gasteiger partial charge in [-0.05, 0) is 39.7 Å². The van der Waals surface area contributed by atoms with Gasteiger partial charge in [-0.15, -0.1) is 11.3 Å². The Morgan fingerprint density at radius 3 is 2.50 bits per heavy atom. The number of hydrazine groups is 1. The number of nitrogens with one attached hydrogen (secondary N) is 1. The van der Waals surface area contributed by atoms with E-state index < -0.39 is 0 Å². The molecule has 0 aliphatic heterocycles. The molecule has 6 heteroatoms. The molecule has 18 heavy (non-hydrogen) atoms. The van der Waals surface area contributed by atoms with Gasteiger partial charge in [-0.1, -0.05) is 37.9 Å². The lowest BCUT2D eigenvalue weighted by molar-refractivity contribution is 0.553. The number of rotatable bonds is 4. The monoisotopic (exact) mass is 452 g/mol. The Labute approximate surface area is 135 Å². The highest BCUT2D eigenvalue weighted by Gasteiger charge is 2.15. The summed E-state index contributed by atoms with van der Waals surface area (Å²) in [4.78, 5) is 1.29. The average Bonchev–Trinajstić information content (AvgIpc) is 2.72. The van der Waals surface area contributed by atoms with E-state index in [0.717, 1.165) is 25.4 Å². The Kier molecular flexibility index (Phi) is 5.41. The van der Waals surface area contributed by atoms with E-state index in [2.05, 4.69) is 70.7 Å². The van der Waals surface area contributed by atoms with Crippen molar-refractivity contribution in [3.63, 3.8) is 0 Å². The molecule has 0 aliphatic rings. The summed E-state index contributed by atoms with van der Waals surface area (Å²) < 4.78 is 3.22. The molecule has 0 spiro atoms. The van der Waals surface area contributed by atoms with Crippen LogP contribution in [0, 0.1) is 0 Å². The van der Waals surface area contributed by atoms with Gasteiger partial charge >= 0.3 is 0 Å². The highest BCUT2D eigenvalue weighted by atomic mass is 79.9. The highest BCUT2D eigenvalue weighted by Crippen LogP contribution is 2.30. The largest absolute Gasteiger partial charge is 0.271 e. The predicted octanol–water partition coefficient (Wildman–Crippen LogP) is 4.78. The minimum atomic E-state index is 0.0954. The van der Waals surface area contributed by atoms with Gasteiger partial charge in [0.2, 0.25) is 0 Å². The van der Waals surface area contributed by atoms with Gasteiger partial charge in [0.1, 0.15) is 0 Å². The average molecular weight is 455 g/mol. The Balaban J connectivity index is 2.22. The van der Waals surface area contributed by atoms with E-state index in [1.165, 1.54) is 4.88 Å². The van der Waals surface area contributed by atoms with Crippen LogP contribution in [0.5, 0.6) is 0 Å². The van der Waals surface area contributed by atoms with E-state index in [4.69, 9.17) is 5.84 Å². The molecular formula is C12H11Br3N2S. The van der Waals surface area contributed by atoms with E-state index >= 15 is 0 Å². The highest BCUT2D eigenvalue weighted by molar-refractivity contribution is 9.11. The van der Waals surface area contributed by atoms with Crippen LogP contribution in [0.3, 0.4) is 0 Å². The van der Waals surface area contributed by atoms with Crippen molar-refractivity contribution in [1.82, 2.24) is 5.43 Å². The molecule has 2 aromatic rings. The lowest BCUT2D eigenvalue weighted by Crippen LogP contribution is -2.29. The van der Waals surface area contributed by atoms with Crippen molar-refractivity contribution in [1.29, 1.82) is 0 Å². The molecule has 1 atom stereocenters. The van der Waals surface area contributed by atoms with E-state index in [0.29, 0.717) is 0 Å². The Morgan fingerprint density at radius 1 is 1.17 bits per heavy atom. The van der Waals surface area contributed by atoms with Gasteiger partial charge in [0.05, 0.1) is 6.04 Å². The fraction of sp³-hybridized carbons (Fsp3) is 0.167. The maximum Gasteiger partial charge on any atom is 0.0519 e. The fourth-order valence-electron chi connectivity index (χ4n) is 1.70. The van der Waals surface area contributed by atoms with Crippen LogP contribution in [-0.2, 0) is 6.42 Å². The van der Waals surface area contributed by atoms with Crippen LogP contribution in [0.2, 0.25) is 0 Å². The second kappa shape index (κ2) is 6.63. The van der Waals surface area contributed by atoms with Crippen molar-refractivity contribution in [3.8, 4) is 0 Å². The Bertz CT molecular complexity index is 542. The van der Waals surface area contributed by atoms with Crippen molar-refractivity contribution in [2.45, 2.75) is 12.5 Å². The molecule has 0 bridgehead atoms. The van der Waals surface area contributed by atoms with Gasteiger partial charge < -0.3 is 0 Å². The number of thiophene rings is 1. The summed E-state index contributed by atoms with van der Waals surface area (Å²) in [6.45, 7) is 0. The number of benzene rings is 1. The summed E-state index contributed by atoms with van der Waals surface area (Å²) in [5, 5.41) is 2.08. The van der Waals surface area contributed by atoms with Crippen LogP contribution < -0.4 is 11.3 Å². The molecule has 0 fully saturated rings. The first kappa shape index (κ1) is 14.7. The maximum atomic E-state index is 5.68. The van der Waals surface area contributed by atoms with Gasteiger partial charge in [-0.3, -0.25) is 11.3 Å². The zero-order chi connectivity index (χ0) is 13.1. The maximum absolute atomic E-state index is 5.68. The van der Waals surface area contributed by atoms with Crippen molar-refractivity contribution in [2.24, 2.45) is 5.84 Å². The lowest BCUT2D eigenvalue weighted by Gasteiger charge is -2.17. The zero-order valence-electron chi connectivity index (χ0n) is 9.29. The molecular weight excluding hydrogens is 444 g/mol. The lowest BCUT2D eigenvalue weighted by atomic mass is 10.0. The summed E-state index contributed by atoms with van der Waals surface area (Å²) in [5.41, 5.74) is 4.04. The molecule has 0 aliphatic carbocycles. The topological polar surface area (TPSA) is 38.0 Å². The van der Waals surface area contributed by atoms with Crippen molar-refractivity contribution < 1.29 is 0 Å². The number of hydrogen-bond donors (Lipinski definition) is 2. The summed E-state index contributed by atoms with van der Waals surface area (Å²) in [6, 6.07) is 8.35. The van der Waals surface area contributed by atoms with Gasteiger partial charge in [0, 0.05) is 30.1 Å². The Hall–Kier alpha value is 0.280. The van der Waals surface area contributed by atoms with Crippen molar-refractivity contribution >= 4 is 59.1 Å². The summed E-state index contributed by atoms with van der Waals surface area (Å²) in [7, 11) is 0. The van der Waals surface area contributed by atoms with Crippen LogP contribution >= 0.6 is 59.1 Å². The summed E-state index contributed by atoms with van der Waals surface area (Å²) in [5.74, 6) is 5.68. The van der Waals surface area contributed by atoms with Crippen LogP contribution in [-0.4, -0.2) is 0 Å². The fourth-order valence-corrected chi connectivity index (χ4v) is 4.53. The first-order valence-corrected chi connectivity index (χ1v) is 8.50. The van der Waals surface area contributed by atoms with Gasteiger partial charge in [-0.25, -0.2) is 0 Å². The quantitative estimate of drug-likeness (QED) is 0.515. The summed E-state index contributed by atoms with van der Waals surface area (Å²) in [6.07, 6.45) is 0.868. The Morgan fingerprint density at radius 2 is 1.94 bits per heavy atom. The molecule has 1 aromatic carbocycles.